The fourth-order valence-electron chi connectivity index (χ4n) is 2.29. The van der Waals surface area contributed by atoms with Crippen molar-refractivity contribution >= 4 is 31.6 Å². The van der Waals surface area contributed by atoms with Crippen molar-refractivity contribution in [2.24, 2.45) is 5.92 Å². The molecule has 1 aliphatic rings. The summed E-state index contributed by atoms with van der Waals surface area (Å²) < 4.78 is 0. The second-order valence-corrected chi connectivity index (χ2v) is 11.5. The lowest BCUT2D eigenvalue weighted by atomic mass is 9.97. The SMILES string of the molecule is C[Si](C)(C)CC1Cc2c(N)nc(N)nc2NC1=O. The summed E-state index contributed by atoms with van der Waals surface area (Å²) in [5.74, 6) is 0.922. The second kappa shape index (κ2) is 4.24. The van der Waals surface area contributed by atoms with Gasteiger partial charge in [0.15, 0.2) is 0 Å². The molecular weight excluding hydrogens is 246 g/mol. The van der Waals surface area contributed by atoms with E-state index in [0.29, 0.717) is 18.1 Å². The highest BCUT2D eigenvalue weighted by molar-refractivity contribution is 6.76. The van der Waals surface area contributed by atoms with Crippen LogP contribution in [0.4, 0.5) is 17.6 Å². The molecule has 0 spiro atoms. The molecule has 1 aliphatic heterocycles. The van der Waals surface area contributed by atoms with E-state index >= 15 is 0 Å². The Labute approximate surface area is 107 Å². The number of amides is 1. The number of carbonyl (C=O) groups excluding carboxylic acids is 1. The maximum absolute atomic E-state index is 12.0. The third-order valence-corrected chi connectivity index (χ3v) is 4.70. The summed E-state index contributed by atoms with van der Waals surface area (Å²) in [6.45, 7) is 6.75. The Bertz CT molecular complexity index is 497. The van der Waals surface area contributed by atoms with Crippen LogP contribution in [0.5, 0.6) is 0 Å². The van der Waals surface area contributed by atoms with Gasteiger partial charge in [0.2, 0.25) is 11.9 Å². The molecule has 1 amide bonds. The summed E-state index contributed by atoms with van der Waals surface area (Å²) in [4.78, 5) is 20.0. The zero-order chi connectivity index (χ0) is 13.5. The van der Waals surface area contributed by atoms with Gasteiger partial charge in [-0.3, -0.25) is 4.79 Å². The van der Waals surface area contributed by atoms with Gasteiger partial charge in [0.25, 0.3) is 0 Å². The molecular formula is C11H19N5OSi. The lowest BCUT2D eigenvalue weighted by molar-refractivity contribution is -0.119. The topological polar surface area (TPSA) is 107 Å². The summed E-state index contributed by atoms with van der Waals surface area (Å²) in [6, 6.07) is 0.933. The van der Waals surface area contributed by atoms with Crippen molar-refractivity contribution in [3.05, 3.63) is 5.56 Å². The number of nitrogens with zero attached hydrogens (tertiary/aromatic N) is 2. The number of fused-ring (bicyclic) bond motifs is 1. The molecule has 0 aliphatic carbocycles. The number of aromatic nitrogens is 2. The molecule has 1 unspecified atom stereocenters. The molecule has 0 radical (unpaired) electrons. The highest BCUT2D eigenvalue weighted by Gasteiger charge is 2.32. The molecule has 0 saturated carbocycles. The monoisotopic (exact) mass is 265 g/mol. The summed E-state index contributed by atoms with van der Waals surface area (Å²) >= 11 is 0. The van der Waals surface area contributed by atoms with E-state index in [4.69, 9.17) is 11.5 Å². The van der Waals surface area contributed by atoms with Gasteiger partial charge < -0.3 is 16.8 Å². The molecule has 1 aromatic heterocycles. The van der Waals surface area contributed by atoms with E-state index in [1.165, 1.54) is 0 Å². The summed E-state index contributed by atoms with van der Waals surface area (Å²) in [5, 5.41) is 2.79. The number of rotatable bonds is 2. The minimum Gasteiger partial charge on any atom is -0.383 e. The van der Waals surface area contributed by atoms with Gasteiger partial charge in [-0.2, -0.15) is 9.97 Å². The standard InChI is InChI=1S/C11H19N5OSi/c1-18(2,3)5-6-4-7-8(12)14-11(13)16-9(7)15-10(6)17/h6H,4-5H2,1-3H3,(H5,12,13,14,15,16,17). The zero-order valence-electron chi connectivity index (χ0n) is 10.9. The van der Waals surface area contributed by atoms with Crippen molar-refractivity contribution < 1.29 is 4.79 Å². The van der Waals surface area contributed by atoms with Gasteiger partial charge in [-0.1, -0.05) is 19.6 Å². The van der Waals surface area contributed by atoms with Gasteiger partial charge in [0.05, 0.1) is 0 Å². The van der Waals surface area contributed by atoms with Crippen molar-refractivity contribution in [2.45, 2.75) is 32.1 Å². The van der Waals surface area contributed by atoms with Gasteiger partial charge in [-0.05, 0) is 12.5 Å². The van der Waals surface area contributed by atoms with Crippen molar-refractivity contribution in [1.82, 2.24) is 9.97 Å². The van der Waals surface area contributed by atoms with Crippen LogP contribution in [-0.4, -0.2) is 23.9 Å². The molecule has 7 heteroatoms. The molecule has 5 N–H and O–H groups in total. The first-order valence-corrected chi connectivity index (χ1v) is 9.70. The van der Waals surface area contributed by atoms with Crippen molar-refractivity contribution in [2.75, 3.05) is 16.8 Å². The number of anilines is 3. The van der Waals surface area contributed by atoms with Crippen LogP contribution in [0.1, 0.15) is 5.56 Å². The van der Waals surface area contributed by atoms with Crippen molar-refractivity contribution in [3.63, 3.8) is 0 Å². The first kappa shape index (κ1) is 12.8. The molecule has 2 rings (SSSR count). The minimum absolute atomic E-state index is 0.0161. The van der Waals surface area contributed by atoms with E-state index in [-0.39, 0.29) is 17.8 Å². The number of hydrogen-bond acceptors (Lipinski definition) is 5. The van der Waals surface area contributed by atoms with Crippen molar-refractivity contribution in [3.8, 4) is 0 Å². The lowest BCUT2D eigenvalue weighted by Crippen LogP contribution is -2.36. The van der Waals surface area contributed by atoms with Crippen LogP contribution >= 0.6 is 0 Å². The quantitative estimate of drug-likeness (QED) is 0.694. The van der Waals surface area contributed by atoms with E-state index in [2.05, 4.69) is 34.9 Å². The van der Waals surface area contributed by atoms with Gasteiger partial charge in [0, 0.05) is 19.6 Å². The Kier molecular flexibility index (Phi) is 3.01. The van der Waals surface area contributed by atoms with E-state index < -0.39 is 8.07 Å². The first-order chi connectivity index (χ1) is 8.26. The largest absolute Gasteiger partial charge is 0.383 e. The Balaban J connectivity index is 2.30. The normalized spacial score (nSPS) is 19.3. The summed E-state index contributed by atoms with van der Waals surface area (Å²) in [5.41, 5.74) is 12.2. The molecule has 1 aromatic rings. The van der Waals surface area contributed by atoms with Crippen LogP contribution in [0.15, 0.2) is 0 Å². The van der Waals surface area contributed by atoms with Gasteiger partial charge in [-0.15, -0.1) is 0 Å². The lowest BCUT2D eigenvalue weighted by Gasteiger charge is -2.28. The van der Waals surface area contributed by atoms with Gasteiger partial charge in [-0.25, -0.2) is 0 Å². The summed E-state index contributed by atoms with van der Waals surface area (Å²) in [7, 11) is -1.30. The molecule has 98 valence electrons. The van der Waals surface area contributed by atoms with Gasteiger partial charge in [0.1, 0.15) is 11.6 Å². The Morgan fingerprint density at radius 3 is 2.61 bits per heavy atom. The van der Waals surface area contributed by atoms with Crippen LogP contribution < -0.4 is 16.8 Å². The van der Waals surface area contributed by atoms with Crippen molar-refractivity contribution in [1.29, 1.82) is 0 Å². The number of hydrogen-bond donors (Lipinski definition) is 3. The van der Waals surface area contributed by atoms with E-state index in [1.54, 1.807) is 0 Å². The Morgan fingerprint density at radius 2 is 2.00 bits per heavy atom. The van der Waals surface area contributed by atoms with E-state index in [9.17, 15) is 4.79 Å². The van der Waals surface area contributed by atoms with Crippen LogP contribution in [-0.2, 0) is 11.2 Å². The molecule has 2 heterocycles. The van der Waals surface area contributed by atoms with E-state index in [1.807, 2.05) is 0 Å². The highest BCUT2D eigenvalue weighted by atomic mass is 28.3. The molecule has 0 bridgehead atoms. The smallest absolute Gasteiger partial charge is 0.228 e. The number of nitrogens with one attached hydrogen (secondary N) is 1. The molecule has 0 saturated heterocycles. The number of carbonyl (C=O) groups is 1. The third kappa shape index (κ3) is 2.61. The predicted molar refractivity (Wildman–Crippen MR) is 74.8 cm³/mol. The second-order valence-electron chi connectivity index (χ2n) is 5.95. The van der Waals surface area contributed by atoms with Crippen LogP contribution in [0.3, 0.4) is 0 Å². The number of nitrogens with two attached hydrogens (primary N) is 2. The van der Waals surface area contributed by atoms with E-state index in [0.717, 1.165) is 11.6 Å². The zero-order valence-corrected chi connectivity index (χ0v) is 11.9. The average molecular weight is 265 g/mol. The minimum atomic E-state index is -1.30. The maximum atomic E-state index is 12.0. The van der Waals surface area contributed by atoms with Crippen LogP contribution in [0.25, 0.3) is 0 Å². The molecule has 18 heavy (non-hydrogen) atoms. The summed E-state index contributed by atoms with van der Waals surface area (Å²) in [6.07, 6.45) is 0.609. The highest BCUT2D eigenvalue weighted by Crippen LogP contribution is 2.32. The molecule has 0 aromatic carbocycles. The van der Waals surface area contributed by atoms with Crippen LogP contribution in [0, 0.1) is 5.92 Å². The third-order valence-electron chi connectivity index (χ3n) is 2.98. The van der Waals surface area contributed by atoms with Crippen LogP contribution in [0.2, 0.25) is 25.7 Å². The molecule has 0 fully saturated rings. The van der Waals surface area contributed by atoms with Gasteiger partial charge >= 0.3 is 0 Å². The average Bonchev–Trinajstić information content (AvgIpc) is 2.18. The predicted octanol–water partition coefficient (Wildman–Crippen LogP) is 1.09. The fraction of sp³-hybridized carbons (Fsp3) is 0.545. The maximum Gasteiger partial charge on any atom is 0.228 e. The Morgan fingerprint density at radius 1 is 1.33 bits per heavy atom. The Hall–Kier alpha value is -1.63. The fourth-order valence-corrected chi connectivity index (χ4v) is 4.09. The molecule has 1 atom stereocenters. The number of nitrogen functional groups attached to an aromatic ring is 2. The first-order valence-electron chi connectivity index (χ1n) is 5.99. The molecule has 6 nitrogen and oxygen atoms in total.